The van der Waals surface area contributed by atoms with E-state index in [0.29, 0.717) is 5.56 Å². The molecule has 0 atom stereocenters. The molecule has 1 heterocycles. The molecule has 0 saturated carbocycles. The minimum atomic E-state index is -0.929. The topological polar surface area (TPSA) is 92.0 Å². The second-order valence-corrected chi connectivity index (χ2v) is 6.15. The van der Waals surface area contributed by atoms with Gasteiger partial charge in [0.05, 0.1) is 0 Å². The predicted octanol–water partition coefficient (Wildman–Crippen LogP) is 3.30. The maximum Gasteiger partial charge on any atom is 0.275 e. The Bertz CT molecular complexity index is 975. The third kappa shape index (κ3) is 3.63. The minimum absolute atomic E-state index is 0.0630. The molecular formula is C17H13F2N3O2S. The number of nitrogen functional groups attached to an aromatic ring is 1. The SMILES string of the molecule is Nc1c(-c2ccc(O)cc2)nc(SCc2cccc(F)c2F)[nH]c1=O. The second-order valence-electron chi connectivity index (χ2n) is 5.18. The zero-order valence-electron chi connectivity index (χ0n) is 12.8. The average molecular weight is 361 g/mol. The maximum absolute atomic E-state index is 13.7. The summed E-state index contributed by atoms with van der Waals surface area (Å²) >= 11 is 1.05. The number of hydrogen-bond acceptors (Lipinski definition) is 5. The highest BCUT2D eigenvalue weighted by molar-refractivity contribution is 7.98. The molecule has 1 aromatic heterocycles. The Hall–Kier alpha value is -2.87. The number of aromatic hydroxyl groups is 1. The summed E-state index contributed by atoms with van der Waals surface area (Å²) in [5.41, 5.74) is 6.17. The van der Waals surface area contributed by atoms with E-state index in [9.17, 15) is 18.7 Å². The third-order valence-corrected chi connectivity index (χ3v) is 4.39. The quantitative estimate of drug-likeness (QED) is 0.490. The van der Waals surface area contributed by atoms with E-state index in [1.807, 2.05) is 0 Å². The fraction of sp³-hybridized carbons (Fsp3) is 0.0588. The minimum Gasteiger partial charge on any atom is -0.508 e. The normalized spacial score (nSPS) is 10.8. The van der Waals surface area contributed by atoms with Crippen LogP contribution in [0.4, 0.5) is 14.5 Å². The van der Waals surface area contributed by atoms with Crippen LogP contribution in [0.3, 0.4) is 0 Å². The van der Waals surface area contributed by atoms with Crippen molar-refractivity contribution in [2.45, 2.75) is 10.9 Å². The van der Waals surface area contributed by atoms with Gasteiger partial charge in [0.15, 0.2) is 16.8 Å². The molecule has 3 rings (SSSR count). The lowest BCUT2D eigenvalue weighted by Crippen LogP contribution is -2.15. The standard InChI is InChI=1S/C17H13F2N3O2S/c18-12-3-1-2-10(13(12)19)8-25-17-21-15(14(20)16(24)22-17)9-4-6-11(23)7-5-9/h1-7,23H,8,20H2,(H,21,22,24). The van der Waals surface area contributed by atoms with Gasteiger partial charge >= 0.3 is 0 Å². The number of benzene rings is 2. The van der Waals surface area contributed by atoms with Gasteiger partial charge in [-0.25, -0.2) is 13.8 Å². The molecule has 0 aliphatic heterocycles. The van der Waals surface area contributed by atoms with Crippen molar-refractivity contribution in [2.24, 2.45) is 0 Å². The van der Waals surface area contributed by atoms with Crippen LogP contribution in [0.5, 0.6) is 5.75 Å². The molecule has 3 aromatic rings. The van der Waals surface area contributed by atoms with Crippen LogP contribution in [0.1, 0.15) is 5.56 Å². The van der Waals surface area contributed by atoms with Crippen LogP contribution in [0.15, 0.2) is 52.4 Å². The summed E-state index contributed by atoms with van der Waals surface area (Å²) in [6.45, 7) is 0. The summed E-state index contributed by atoms with van der Waals surface area (Å²) in [5, 5.41) is 9.58. The Morgan fingerprint density at radius 1 is 1.16 bits per heavy atom. The second kappa shape index (κ2) is 6.94. The number of hydrogen-bond donors (Lipinski definition) is 3. The highest BCUT2D eigenvalue weighted by atomic mass is 32.2. The molecule has 0 aliphatic carbocycles. The summed E-state index contributed by atoms with van der Waals surface area (Å²) in [5.74, 6) is -1.69. The molecule has 2 aromatic carbocycles. The molecule has 8 heteroatoms. The van der Waals surface area contributed by atoms with Crippen molar-refractivity contribution in [3.8, 4) is 17.0 Å². The van der Waals surface area contributed by atoms with Gasteiger partial charge in [-0.3, -0.25) is 9.78 Å². The molecule has 5 nitrogen and oxygen atoms in total. The lowest BCUT2D eigenvalue weighted by Gasteiger charge is -2.08. The van der Waals surface area contributed by atoms with Crippen LogP contribution < -0.4 is 11.3 Å². The largest absolute Gasteiger partial charge is 0.508 e. The number of phenols is 1. The maximum atomic E-state index is 13.7. The predicted molar refractivity (Wildman–Crippen MR) is 92.3 cm³/mol. The summed E-state index contributed by atoms with van der Waals surface area (Å²) in [6, 6.07) is 9.97. The smallest absolute Gasteiger partial charge is 0.275 e. The fourth-order valence-corrected chi connectivity index (χ4v) is 3.01. The number of nitrogens with zero attached hydrogens (tertiary/aromatic N) is 1. The molecule has 0 bridgehead atoms. The third-order valence-electron chi connectivity index (χ3n) is 3.47. The molecule has 25 heavy (non-hydrogen) atoms. The van der Waals surface area contributed by atoms with Gasteiger partial charge in [0.2, 0.25) is 0 Å². The van der Waals surface area contributed by atoms with E-state index in [2.05, 4.69) is 9.97 Å². The van der Waals surface area contributed by atoms with Crippen LogP contribution in [-0.4, -0.2) is 15.1 Å². The van der Waals surface area contributed by atoms with E-state index in [0.717, 1.165) is 17.8 Å². The van der Waals surface area contributed by atoms with Crippen LogP contribution in [0.25, 0.3) is 11.3 Å². The number of nitrogens with one attached hydrogen (secondary N) is 1. The molecule has 0 amide bonds. The molecular weight excluding hydrogens is 348 g/mol. The van der Waals surface area contributed by atoms with Gasteiger partial charge in [-0.1, -0.05) is 23.9 Å². The van der Waals surface area contributed by atoms with Gasteiger partial charge < -0.3 is 10.8 Å². The van der Waals surface area contributed by atoms with E-state index in [-0.39, 0.29) is 33.6 Å². The van der Waals surface area contributed by atoms with Gasteiger partial charge in [0.1, 0.15) is 17.1 Å². The van der Waals surface area contributed by atoms with Crippen LogP contribution >= 0.6 is 11.8 Å². The van der Waals surface area contributed by atoms with Crippen molar-refractivity contribution in [3.05, 3.63) is 70.0 Å². The summed E-state index contributed by atoms with van der Waals surface area (Å²) in [6.07, 6.45) is 0. The van der Waals surface area contributed by atoms with Crippen molar-refractivity contribution in [3.63, 3.8) is 0 Å². The van der Waals surface area contributed by atoms with Gasteiger partial charge in [0.25, 0.3) is 5.56 Å². The number of aromatic amines is 1. The number of phenolic OH excluding ortho intramolecular Hbond substituents is 1. The van der Waals surface area contributed by atoms with Crippen LogP contribution in [0.2, 0.25) is 0 Å². The van der Waals surface area contributed by atoms with Gasteiger partial charge in [-0.05, 0) is 30.3 Å². The Kier molecular flexibility index (Phi) is 4.71. The summed E-state index contributed by atoms with van der Waals surface area (Å²) in [4.78, 5) is 18.8. The highest BCUT2D eigenvalue weighted by Crippen LogP contribution is 2.27. The number of nitrogens with two attached hydrogens (primary N) is 1. The zero-order valence-corrected chi connectivity index (χ0v) is 13.6. The number of rotatable bonds is 4. The average Bonchev–Trinajstić information content (AvgIpc) is 2.60. The lowest BCUT2D eigenvalue weighted by atomic mass is 10.1. The number of aromatic nitrogens is 2. The Morgan fingerprint density at radius 2 is 1.88 bits per heavy atom. The molecule has 0 spiro atoms. The number of halogens is 2. The van der Waals surface area contributed by atoms with E-state index in [1.165, 1.54) is 24.3 Å². The molecule has 0 unspecified atom stereocenters. The molecule has 0 radical (unpaired) electrons. The van der Waals surface area contributed by atoms with Crippen molar-refractivity contribution >= 4 is 17.4 Å². The van der Waals surface area contributed by atoms with Gasteiger partial charge in [-0.15, -0.1) is 0 Å². The number of anilines is 1. The fourth-order valence-electron chi connectivity index (χ4n) is 2.18. The molecule has 0 saturated heterocycles. The van der Waals surface area contributed by atoms with Crippen molar-refractivity contribution in [1.29, 1.82) is 0 Å². The van der Waals surface area contributed by atoms with E-state index < -0.39 is 17.2 Å². The molecule has 4 N–H and O–H groups in total. The van der Waals surface area contributed by atoms with E-state index in [1.54, 1.807) is 12.1 Å². The Balaban J connectivity index is 1.91. The molecule has 128 valence electrons. The summed E-state index contributed by atoms with van der Waals surface area (Å²) < 4.78 is 27.0. The first-order chi connectivity index (χ1) is 12.0. The van der Waals surface area contributed by atoms with Gasteiger partial charge in [-0.2, -0.15) is 0 Å². The highest BCUT2D eigenvalue weighted by Gasteiger charge is 2.13. The Labute approximate surface area is 145 Å². The first-order valence-corrected chi connectivity index (χ1v) is 8.19. The van der Waals surface area contributed by atoms with Gasteiger partial charge in [0, 0.05) is 16.9 Å². The van der Waals surface area contributed by atoms with Crippen molar-refractivity contribution < 1.29 is 13.9 Å². The van der Waals surface area contributed by atoms with Crippen molar-refractivity contribution in [2.75, 3.05) is 5.73 Å². The number of thioether (sulfide) groups is 1. The Morgan fingerprint density at radius 3 is 2.60 bits per heavy atom. The summed E-state index contributed by atoms with van der Waals surface area (Å²) in [7, 11) is 0. The monoisotopic (exact) mass is 361 g/mol. The van der Waals surface area contributed by atoms with Crippen LogP contribution in [-0.2, 0) is 5.75 Å². The first kappa shape index (κ1) is 17.0. The molecule has 0 fully saturated rings. The van der Waals surface area contributed by atoms with E-state index in [4.69, 9.17) is 5.73 Å². The molecule has 0 aliphatic rings. The number of H-pyrrole nitrogens is 1. The van der Waals surface area contributed by atoms with Crippen molar-refractivity contribution in [1.82, 2.24) is 9.97 Å². The van der Waals surface area contributed by atoms with E-state index >= 15 is 0 Å². The first-order valence-electron chi connectivity index (χ1n) is 7.20. The zero-order chi connectivity index (χ0) is 18.0. The van der Waals surface area contributed by atoms with Crippen LogP contribution in [0, 0.1) is 11.6 Å². The lowest BCUT2D eigenvalue weighted by molar-refractivity contribution is 0.475.